The molecule has 3 nitrogen and oxygen atoms in total. The maximum absolute atomic E-state index is 10.8. The molecule has 1 aromatic carbocycles. The van der Waals surface area contributed by atoms with Gasteiger partial charge >= 0.3 is 5.97 Å². The number of methoxy groups -OCH3 is 1. The summed E-state index contributed by atoms with van der Waals surface area (Å²) in [5.74, 6) is -0.240. The van der Waals surface area contributed by atoms with E-state index in [9.17, 15) is 4.79 Å². The number of rotatable bonds is 4. The Hall–Kier alpha value is -0.620. The summed E-state index contributed by atoms with van der Waals surface area (Å²) in [4.78, 5) is 10.8. The molecule has 1 aromatic rings. The maximum atomic E-state index is 10.8. The molecule has 0 aliphatic heterocycles. The molecule has 0 saturated carbocycles. The number of benzene rings is 1. The predicted molar refractivity (Wildman–Crippen MR) is 62.9 cm³/mol. The summed E-state index contributed by atoms with van der Waals surface area (Å²) in [5, 5.41) is 2.99. The van der Waals surface area contributed by atoms with E-state index in [1.165, 1.54) is 10.7 Å². The fraction of sp³-hybridized carbons (Fsp3) is 0.300. The highest BCUT2D eigenvalue weighted by Gasteiger charge is 1.98. The van der Waals surface area contributed by atoms with Crippen molar-refractivity contribution in [3.8, 4) is 0 Å². The van der Waals surface area contributed by atoms with Crippen LogP contribution in [0.15, 0.2) is 24.3 Å². The maximum Gasteiger partial charge on any atom is 0.319 e. The van der Waals surface area contributed by atoms with Crippen molar-refractivity contribution < 1.29 is 9.53 Å². The van der Waals surface area contributed by atoms with Crippen molar-refractivity contribution in [3.63, 3.8) is 0 Å². The Labute approximate surface area is 97.0 Å². The lowest BCUT2D eigenvalue weighted by atomic mass is 10.2. The molecule has 0 radical (unpaired) electrons. The molecule has 0 aromatic heterocycles. The third-order valence-electron chi connectivity index (χ3n) is 1.74. The molecular formula is C10H12INO2. The molecule has 0 saturated heterocycles. The van der Waals surface area contributed by atoms with Crippen LogP contribution in [0.5, 0.6) is 0 Å². The number of esters is 1. The van der Waals surface area contributed by atoms with Crippen LogP contribution in [0, 0.1) is 3.57 Å². The van der Waals surface area contributed by atoms with Gasteiger partial charge in [0.1, 0.15) is 0 Å². The normalized spacial score (nSPS) is 9.86. The fourth-order valence-electron chi connectivity index (χ4n) is 0.983. The Bertz CT molecular complexity index is 297. The van der Waals surface area contributed by atoms with Gasteiger partial charge in [-0.15, -0.1) is 0 Å². The van der Waals surface area contributed by atoms with Gasteiger partial charge in [-0.1, -0.05) is 12.1 Å². The molecule has 1 N–H and O–H groups in total. The lowest BCUT2D eigenvalue weighted by Crippen LogP contribution is -2.23. The second-order valence-corrected chi connectivity index (χ2v) is 4.05. The second kappa shape index (κ2) is 5.98. The van der Waals surface area contributed by atoms with Gasteiger partial charge in [0, 0.05) is 10.1 Å². The van der Waals surface area contributed by atoms with Gasteiger partial charge in [-0.25, -0.2) is 0 Å². The van der Waals surface area contributed by atoms with Crippen LogP contribution in [-0.4, -0.2) is 19.6 Å². The minimum atomic E-state index is -0.240. The third-order valence-corrected chi connectivity index (χ3v) is 2.46. The van der Waals surface area contributed by atoms with E-state index < -0.39 is 0 Å². The summed E-state index contributed by atoms with van der Waals surface area (Å²) >= 11 is 2.26. The van der Waals surface area contributed by atoms with E-state index in [1.807, 2.05) is 24.3 Å². The molecule has 0 spiro atoms. The van der Waals surface area contributed by atoms with E-state index >= 15 is 0 Å². The Morgan fingerprint density at radius 2 is 2.07 bits per heavy atom. The van der Waals surface area contributed by atoms with Gasteiger partial charge in [-0.2, -0.15) is 0 Å². The molecule has 0 atom stereocenters. The molecule has 0 heterocycles. The topological polar surface area (TPSA) is 38.3 Å². The van der Waals surface area contributed by atoms with Crippen molar-refractivity contribution in [1.29, 1.82) is 0 Å². The van der Waals surface area contributed by atoms with Crippen LogP contribution in [0.1, 0.15) is 5.56 Å². The van der Waals surface area contributed by atoms with Crippen LogP contribution in [0.25, 0.3) is 0 Å². The zero-order chi connectivity index (χ0) is 10.4. The number of hydrogen-bond donors (Lipinski definition) is 1. The van der Waals surface area contributed by atoms with E-state index in [0.29, 0.717) is 6.54 Å². The van der Waals surface area contributed by atoms with E-state index in [4.69, 9.17) is 0 Å². The van der Waals surface area contributed by atoms with E-state index in [0.717, 1.165) is 5.56 Å². The largest absolute Gasteiger partial charge is 0.468 e. The van der Waals surface area contributed by atoms with E-state index in [-0.39, 0.29) is 12.5 Å². The highest BCUT2D eigenvalue weighted by molar-refractivity contribution is 14.1. The Kier molecular flexibility index (Phi) is 4.89. The summed E-state index contributed by atoms with van der Waals surface area (Å²) in [7, 11) is 1.38. The summed E-state index contributed by atoms with van der Waals surface area (Å²) in [5.41, 5.74) is 1.16. The quantitative estimate of drug-likeness (QED) is 0.677. The first-order chi connectivity index (χ1) is 6.72. The van der Waals surface area contributed by atoms with Gasteiger partial charge in [-0.05, 0) is 40.3 Å². The zero-order valence-corrected chi connectivity index (χ0v) is 10.1. The first-order valence-electron chi connectivity index (χ1n) is 4.24. The SMILES string of the molecule is COC(=O)CNCc1ccc(I)cc1. The van der Waals surface area contributed by atoms with Crippen molar-refractivity contribution >= 4 is 28.6 Å². The van der Waals surface area contributed by atoms with Crippen molar-refractivity contribution in [2.75, 3.05) is 13.7 Å². The van der Waals surface area contributed by atoms with Gasteiger partial charge in [0.25, 0.3) is 0 Å². The molecule has 4 heteroatoms. The summed E-state index contributed by atoms with van der Waals surface area (Å²) < 4.78 is 5.71. The molecule has 0 bridgehead atoms. The number of halogens is 1. The van der Waals surface area contributed by atoms with E-state index in [1.54, 1.807) is 0 Å². The Morgan fingerprint density at radius 1 is 1.43 bits per heavy atom. The number of ether oxygens (including phenoxy) is 1. The van der Waals surface area contributed by atoms with E-state index in [2.05, 4.69) is 32.6 Å². The van der Waals surface area contributed by atoms with Crippen LogP contribution >= 0.6 is 22.6 Å². The average molecular weight is 305 g/mol. The molecule has 0 unspecified atom stereocenters. The van der Waals surface area contributed by atoms with Gasteiger partial charge in [-0.3, -0.25) is 4.79 Å². The highest BCUT2D eigenvalue weighted by Crippen LogP contribution is 2.06. The first kappa shape index (κ1) is 11.5. The van der Waals surface area contributed by atoms with Gasteiger partial charge in [0.05, 0.1) is 13.7 Å². The first-order valence-corrected chi connectivity index (χ1v) is 5.32. The molecule has 14 heavy (non-hydrogen) atoms. The Morgan fingerprint density at radius 3 is 2.64 bits per heavy atom. The van der Waals surface area contributed by atoms with Crippen molar-refractivity contribution in [2.45, 2.75) is 6.54 Å². The lowest BCUT2D eigenvalue weighted by molar-refractivity contribution is -0.139. The molecule has 0 amide bonds. The molecular weight excluding hydrogens is 293 g/mol. The van der Waals surface area contributed by atoms with Crippen molar-refractivity contribution in [1.82, 2.24) is 5.32 Å². The Balaban J connectivity index is 2.31. The smallest absolute Gasteiger partial charge is 0.319 e. The van der Waals surface area contributed by atoms with Crippen LogP contribution < -0.4 is 5.32 Å². The zero-order valence-electron chi connectivity index (χ0n) is 7.92. The van der Waals surface area contributed by atoms with Crippen LogP contribution in [0.4, 0.5) is 0 Å². The minimum absolute atomic E-state index is 0.240. The molecule has 1 rings (SSSR count). The average Bonchev–Trinajstić information content (AvgIpc) is 2.21. The molecule has 0 aliphatic carbocycles. The van der Waals surface area contributed by atoms with Gasteiger partial charge in [0.15, 0.2) is 0 Å². The molecule has 76 valence electrons. The fourth-order valence-corrected chi connectivity index (χ4v) is 1.34. The van der Waals surface area contributed by atoms with Crippen LogP contribution in [0.2, 0.25) is 0 Å². The van der Waals surface area contributed by atoms with Crippen molar-refractivity contribution in [3.05, 3.63) is 33.4 Å². The highest BCUT2D eigenvalue weighted by atomic mass is 127. The van der Waals surface area contributed by atoms with Gasteiger partial charge < -0.3 is 10.1 Å². The number of hydrogen-bond acceptors (Lipinski definition) is 3. The summed E-state index contributed by atoms with van der Waals surface area (Å²) in [6.45, 7) is 0.939. The van der Waals surface area contributed by atoms with Crippen LogP contribution in [0.3, 0.4) is 0 Å². The summed E-state index contributed by atoms with van der Waals surface area (Å²) in [6.07, 6.45) is 0. The summed E-state index contributed by atoms with van der Waals surface area (Å²) in [6, 6.07) is 8.14. The standard InChI is InChI=1S/C10H12INO2/c1-14-10(13)7-12-6-8-2-4-9(11)5-3-8/h2-5,12H,6-7H2,1H3. The molecule has 0 aliphatic rings. The number of nitrogens with one attached hydrogen (secondary N) is 1. The number of carbonyl (C=O) groups is 1. The van der Waals surface area contributed by atoms with Crippen LogP contribution in [-0.2, 0) is 16.1 Å². The third kappa shape index (κ3) is 4.06. The van der Waals surface area contributed by atoms with Gasteiger partial charge in [0.2, 0.25) is 0 Å². The predicted octanol–water partition coefficient (Wildman–Crippen LogP) is 1.55. The second-order valence-electron chi connectivity index (χ2n) is 2.81. The number of carbonyl (C=O) groups excluding carboxylic acids is 1. The van der Waals surface area contributed by atoms with Crippen molar-refractivity contribution in [2.24, 2.45) is 0 Å². The lowest BCUT2D eigenvalue weighted by Gasteiger charge is -2.03. The minimum Gasteiger partial charge on any atom is -0.468 e. The monoisotopic (exact) mass is 305 g/mol. The molecule has 0 fully saturated rings.